The summed E-state index contributed by atoms with van der Waals surface area (Å²) in [6.07, 6.45) is 1.81. The zero-order valence-electron chi connectivity index (χ0n) is 19.9. The van der Waals surface area contributed by atoms with Gasteiger partial charge in [-0.05, 0) is 85.1 Å². The minimum Gasteiger partial charge on any atom is -0.493 e. The molecule has 0 aliphatic carbocycles. The van der Waals surface area contributed by atoms with Crippen molar-refractivity contribution in [2.24, 2.45) is 4.36 Å². The number of carbonyl (C=O) groups is 1. The number of nitro groups is 1. The van der Waals surface area contributed by atoms with Crippen LogP contribution in [-0.4, -0.2) is 39.4 Å². The first-order chi connectivity index (χ1) is 16.2. The summed E-state index contributed by atoms with van der Waals surface area (Å²) in [5, 5.41) is 11.4. The average Bonchev–Trinajstić information content (AvgIpc) is 2.70. The molecule has 0 bridgehead atoms. The highest BCUT2D eigenvalue weighted by molar-refractivity contribution is 9.10. The number of halogens is 2. The average molecular weight is 592 g/mol. The molecular formula is C23H28BrFN2O6S2. The summed E-state index contributed by atoms with van der Waals surface area (Å²) in [7, 11) is -3.04. The largest absolute Gasteiger partial charge is 0.493 e. The van der Waals surface area contributed by atoms with Crippen molar-refractivity contribution in [2.75, 3.05) is 18.6 Å². The Hall–Kier alpha value is -2.18. The Morgan fingerprint density at radius 1 is 1.23 bits per heavy atom. The quantitative estimate of drug-likeness (QED) is 0.127. The fourth-order valence-corrected chi connectivity index (χ4v) is 5.62. The summed E-state index contributed by atoms with van der Waals surface area (Å²) >= 11 is 4.91. The number of rotatable bonds is 10. The lowest BCUT2D eigenvalue weighted by atomic mass is 10.2. The molecule has 1 unspecified atom stereocenters. The third kappa shape index (κ3) is 11.0. The summed E-state index contributed by atoms with van der Waals surface area (Å²) in [5.74, 6) is 0.539. The standard InChI is InChI=1S/C23H28BrFN2O6S2/c1-23(2,3)33-22(28)26-35(4,31)15-16-11-18(27(29)30)14-19(12-16)32-9-5-6-10-34-21-13-17(25)7-8-20(21)24/h7-8,11-14H,5-6,9-10,15H2,1-4H3. The van der Waals surface area contributed by atoms with Gasteiger partial charge in [-0.2, -0.15) is 0 Å². The second-order valence-electron chi connectivity index (χ2n) is 8.75. The summed E-state index contributed by atoms with van der Waals surface area (Å²) < 4.78 is 41.5. The van der Waals surface area contributed by atoms with Gasteiger partial charge in [0.2, 0.25) is 0 Å². The highest BCUT2D eigenvalue weighted by Crippen LogP contribution is 2.29. The molecular weight excluding hydrogens is 563 g/mol. The molecule has 0 heterocycles. The second-order valence-corrected chi connectivity index (χ2v) is 13.1. The van der Waals surface area contributed by atoms with Crippen molar-refractivity contribution in [3.8, 4) is 5.75 Å². The van der Waals surface area contributed by atoms with Crippen LogP contribution in [0.25, 0.3) is 0 Å². The number of amides is 1. The number of non-ortho nitro benzene ring substituents is 1. The highest BCUT2D eigenvalue weighted by Gasteiger charge is 2.19. The van der Waals surface area contributed by atoms with E-state index in [0.717, 1.165) is 21.5 Å². The number of hydrogen-bond donors (Lipinski definition) is 0. The molecule has 1 amide bonds. The van der Waals surface area contributed by atoms with Crippen LogP contribution < -0.4 is 4.74 Å². The minimum atomic E-state index is -3.04. The predicted octanol–water partition coefficient (Wildman–Crippen LogP) is 6.98. The van der Waals surface area contributed by atoms with Gasteiger partial charge in [-0.3, -0.25) is 10.1 Å². The van der Waals surface area contributed by atoms with E-state index in [1.165, 1.54) is 42.3 Å². The number of ether oxygens (including phenoxy) is 2. The number of thioether (sulfide) groups is 1. The normalized spacial score (nSPS) is 13.1. The number of unbranched alkanes of at least 4 members (excludes halogenated alkanes) is 1. The van der Waals surface area contributed by atoms with E-state index in [0.29, 0.717) is 18.6 Å². The van der Waals surface area contributed by atoms with Crippen LogP contribution in [0.3, 0.4) is 0 Å². The van der Waals surface area contributed by atoms with Gasteiger partial charge in [0.25, 0.3) is 5.69 Å². The first kappa shape index (κ1) is 29.1. The predicted molar refractivity (Wildman–Crippen MR) is 139 cm³/mol. The molecule has 2 rings (SSSR count). The lowest BCUT2D eigenvalue weighted by Gasteiger charge is -2.17. The fraction of sp³-hybridized carbons (Fsp3) is 0.435. The molecule has 0 saturated heterocycles. The van der Waals surface area contributed by atoms with Crippen LogP contribution in [0.15, 0.2) is 50.1 Å². The summed E-state index contributed by atoms with van der Waals surface area (Å²) in [6, 6.07) is 8.66. The summed E-state index contributed by atoms with van der Waals surface area (Å²) in [4.78, 5) is 23.5. The van der Waals surface area contributed by atoms with Gasteiger partial charge in [-0.15, -0.1) is 16.1 Å². The van der Waals surface area contributed by atoms with Crippen molar-refractivity contribution in [3.63, 3.8) is 0 Å². The van der Waals surface area contributed by atoms with Crippen LogP contribution in [0.1, 0.15) is 39.2 Å². The molecule has 12 heteroatoms. The van der Waals surface area contributed by atoms with E-state index in [9.17, 15) is 23.5 Å². The molecule has 0 aliphatic heterocycles. The Bertz CT molecular complexity index is 1190. The van der Waals surface area contributed by atoms with Crippen molar-refractivity contribution in [2.45, 2.75) is 49.9 Å². The van der Waals surface area contributed by atoms with Crippen molar-refractivity contribution in [3.05, 3.63) is 62.4 Å². The smallest absolute Gasteiger partial charge is 0.442 e. The van der Waals surface area contributed by atoms with Crippen LogP contribution >= 0.6 is 27.7 Å². The van der Waals surface area contributed by atoms with E-state index in [1.807, 2.05) is 0 Å². The number of hydrogen-bond acceptors (Lipinski definition) is 7. The maximum atomic E-state index is 13.4. The van der Waals surface area contributed by atoms with Gasteiger partial charge in [0.1, 0.15) is 17.2 Å². The number of nitro benzene ring substituents is 1. The van der Waals surface area contributed by atoms with Gasteiger partial charge in [0.15, 0.2) is 0 Å². The third-order valence-electron chi connectivity index (χ3n) is 4.22. The number of benzene rings is 2. The summed E-state index contributed by atoms with van der Waals surface area (Å²) in [6.45, 7) is 5.32. The van der Waals surface area contributed by atoms with Crippen molar-refractivity contribution < 1.29 is 27.8 Å². The first-order valence-corrected chi connectivity index (χ1v) is 14.5. The molecule has 2 aromatic carbocycles. The molecule has 2 aromatic rings. The Morgan fingerprint density at radius 3 is 2.60 bits per heavy atom. The molecule has 1 atom stereocenters. The molecule has 0 N–H and O–H groups in total. The van der Waals surface area contributed by atoms with E-state index in [4.69, 9.17) is 9.47 Å². The van der Waals surface area contributed by atoms with E-state index in [1.54, 1.807) is 32.9 Å². The van der Waals surface area contributed by atoms with Gasteiger partial charge in [-0.25, -0.2) is 13.4 Å². The van der Waals surface area contributed by atoms with Crippen LogP contribution in [0.5, 0.6) is 5.75 Å². The third-order valence-corrected chi connectivity index (χ3v) is 7.72. The molecule has 0 aromatic heterocycles. The zero-order valence-corrected chi connectivity index (χ0v) is 23.1. The van der Waals surface area contributed by atoms with Gasteiger partial charge < -0.3 is 9.47 Å². The maximum absolute atomic E-state index is 13.4. The maximum Gasteiger partial charge on any atom is 0.442 e. The first-order valence-electron chi connectivity index (χ1n) is 10.7. The molecule has 0 spiro atoms. The molecule has 35 heavy (non-hydrogen) atoms. The van der Waals surface area contributed by atoms with Gasteiger partial charge in [0, 0.05) is 21.7 Å². The minimum absolute atomic E-state index is 0.177. The van der Waals surface area contributed by atoms with E-state index < -0.39 is 26.3 Å². The lowest BCUT2D eigenvalue weighted by molar-refractivity contribution is -0.385. The molecule has 192 valence electrons. The Balaban J connectivity index is 1.98. The van der Waals surface area contributed by atoms with Crippen LogP contribution in [-0.2, 0) is 20.2 Å². The molecule has 0 aliphatic rings. The van der Waals surface area contributed by atoms with Crippen molar-refractivity contribution >= 4 is 49.2 Å². The van der Waals surface area contributed by atoms with Crippen molar-refractivity contribution in [1.29, 1.82) is 0 Å². The fourth-order valence-electron chi connectivity index (χ4n) is 2.86. The van der Waals surface area contributed by atoms with E-state index in [2.05, 4.69) is 20.3 Å². The van der Waals surface area contributed by atoms with Gasteiger partial charge in [0.05, 0.1) is 33.1 Å². The SMILES string of the molecule is CC(C)(C)OC(=O)N=S(C)(=O)Cc1cc(OCCCCSc2cc(F)ccc2Br)cc([N+](=O)[O-])c1. The number of nitrogens with zero attached hydrogens (tertiary/aromatic N) is 2. The van der Waals surface area contributed by atoms with Crippen LogP contribution in [0.2, 0.25) is 0 Å². The lowest BCUT2D eigenvalue weighted by Crippen LogP contribution is -2.22. The molecule has 0 radical (unpaired) electrons. The number of carbonyl (C=O) groups excluding carboxylic acids is 1. The van der Waals surface area contributed by atoms with E-state index >= 15 is 0 Å². The topological polar surface area (TPSA) is 108 Å². The van der Waals surface area contributed by atoms with Gasteiger partial charge in [-0.1, -0.05) is 0 Å². The van der Waals surface area contributed by atoms with Crippen molar-refractivity contribution in [1.82, 2.24) is 0 Å². The Kier molecular flexibility index (Phi) is 10.5. The monoisotopic (exact) mass is 590 g/mol. The highest BCUT2D eigenvalue weighted by atomic mass is 79.9. The molecule has 8 nitrogen and oxygen atoms in total. The van der Waals surface area contributed by atoms with E-state index in [-0.39, 0.29) is 23.0 Å². The Morgan fingerprint density at radius 2 is 1.94 bits per heavy atom. The van der Waals surface area contributed by atoms with Crippen LogP contribution in [0.4, 0.5) is 14.9 Å². The molecule has 0 saturated carbocycles. The second kappa shape index (κ2) is 12.7. The molecule has 0 fully saturated rings. The summed E-state index contributed by atoms with van der Waals surface area (Å²) in [5.41, 5.74) is -0.633. The Labute approximate surface area is 217 Å². The van der Waals surface area contributed by atoms with Gasteiger partial charge >= 0.3 is 6.09 Å². The zero-order chi connectivity index (χ0) is 26.2. The van der Waals surface area contributed by atoms with Crippen LogP contribution in [0, 0.1) is 15.9 Å².